The Kier molecular flexibility index (Phi) is 5.10. The second-order valence-electron chi connectivity index (χ2n) is 5.78. The van der Waals surface area contributed by atoms with Crippen LogP contribution >= 0.6 is 11.3 Å². The van der Waals surface area contributed by atoms with Gasteiger partial charge in [0.2, 0.25) is 0 Å². The minimum Gasteiger partial charge on any atom is -0.376 e. The fraction of sp³-hybridized carbons (Fsp3) is 0.389. The van der Waals surface area contributed by atoms with Crippen molar-refractivity contribution in [2.75, 3.05) is 33.4 Å². The summed E-state index contributed by atoms with van der Waals surface area (Å²) in [4.78, 5) is 15.5. The zero-order valence-corrected chi connectivity index (χ0v) is 14.3. The van der Waals surface area contributed by atoms with E-state index in [4.69, 9.17) is 9.47 Å². The number of aryl methyl sites for hydroxylation is 1. The maximum atomic E-state index is 12.5. The molecule has 1 atom stereocenters. The lowest BCUT2D eigenvalue weighted by molar-refractivity contribution is -0.0933. The van der Waals surface area contributed by atoms with Crippen LogP contribution < -0.4 is 0 Å². The zero-order valence-electron chi connectivity index (χ0n) is 13.5. The molecule has 23 heavy (non-hydrogen) atoms. The first kappa shape index (κ1) is 16.2. The molecule has 1 aliphatic rings. The minimum absolute atomic E-state index is 0.00669. The highest BCUT2D eigenvalue weighted by Gasteiger charge is 2.20. The molecular weight excluding hydrogens is 310 g/mol. The molecule has 0 N–H and O–H groups in total. The number of benzene rings is 1. The van der Waals surface area contributed by atoms with Crippen molar-refractivity contribution in [2.24, 2.45) is 0 Å². The lowest BCUT2D eigenvalue weighted by Gasteiger charge is -2.27. The molecule has 1 saturated heterocycles. The summed E-state index contributed by atoms with van der Waals surface area (Å²) in [7, 11) is 1.80. The van der Waals surface area contributed by atoms with Gasteiger partial charge in [0, 0.05) is 24.0 Å². The second-order valence-corrected chi connectivity index (χ2v) is 6.89. The van der Waals surface area contributed by atoms with Crippen molar-refractivity contribution in [3.8, 4) is 11.1 Å². The van der Waals surface area contributed by atoms with Crippen LogP contribution in [0.5, 0.6) is 0 Å². The van der Waals surface area contributed by atoms with E-state index < -0.39 is 0 Å². The fourth-order valence-electron chi connectivity index (χ4n) is 2.65. The number of ether oxygens (including phenoxy) is 2. The average Bonchev–Trinajstić information content (AvgIpc) is 3.02. The highest BCUT2D eigenvalue weighted by molar-refractivity contribution is 7.10. The number of hydrogen-bond acceptors (Lipinski definition) is 4. The molecule has 5 heteroatoms. The zero-order chi connectivity index (χ0) is 16.2. The van der Waals surface area contributed by atoms with Gasteiger partial charge in [-0.1, -0.05) is 12.1 Å². The summed E-state index contributed by atoms with van der Waals surface area (Å²) in [5, 5.41) is 2.14. The van der Waals surface area contributed by atoms with E-state index in [1.807, 2.05) is 24.3 Å². The Labute approximate surface area is 140 Å². The third kappa shape index (κ3) is 3.99. The van der Waals surface area contributed by atoms with E-state index >= 15 is 0 Å². The predicted molar refractivity (Wildman–Crippen MR) is 92.0 cm³/mol. The number of likely N-dealkylation sites (N-methyl/N-ethyl adjacent to an activating group) is 1. The first-order chi connectivity index (χ1) is 11.1. The van der Waals surface area contributed by atoms with Crippen molar-refractivity contribution in [1.82, 2.24) is 4.90 Å². The monoisotopic (exact) mass is 331 g/mol. The summed E-state index contributed by atoms with van der Waals surface area (Å²) in [5.74, 6) is 0.00669. The topological polar surface area (TPSA) is 38.8 Å². The van der Waals surface area contributed by atoms with E-state index in [1.165, 1.54) is 10.4 Å². The molecule has 1 amide bonds. The molecule has 0 bridgehead atoms. The summed E-state index contributed by atoms with van der Waals surface area (Å²) in [6, 6.07) is 9.94. The first-order valence-corrected chi connectivity index (χ1v) is 8.62. The van der Waals surface area contributed by atoms with E-state index in [9.17, 15) is 4.79 Å². The number of hydrogen-bond donors (Lipinski definition) is 0. The molecule has 1 unspecified atom stereocenters. The van der Waals surface area contributed by atoms with Gasteiger partial charge in [-0.3, -0.25) is 4.79 Å². The van der Waals surface area contributed by atoms with Crippen LogP contribution in [0.25, 0.3) is 11.1 Å². The number of rotatable bonds is 4. The number of thiophene rings is 1. The quantitative estimate of drug-likeness (QED) is 0.863. The van der Waals surface area contributed by atoms with Gasteiger partial charge in [-0.2, -0.15) is 0 Å². The van der Waals surface area contributed by atoms with Gasteiger partial charge < -0.3 is 14.4 Å². The van der Waals surface area contributed by atoms with E-state index in [1.54, 1.807) is 23.3 Å². The van der Waals surface area contributed by atoms with Crippen molar-refractivity contribution >= 4 is 17.2 Å². The van der Waals surface area contributed by atoms with Crippen LogP contribution in [0.2, 0.25) is 0 Å². The normalized spacial score (nSPS) is 17.9. The van der Waals surface area contributed by atoms with Crippen molar-refractivity contribution < 1.29 is 14.3 Å². The molecule has 0 spiro atoms. The van der Waals surface area contributed by atoms with Crippen LogP contribution in [0.4, 0.5) is 0 Å². The lowest BCUT2D eigenvalue weighted by Crippen LogP contribution is -2.40. The standard InChI is InChI=1S/C18H21NO3S/c1-13-9-16(12-23-13)14-3-5-15(6-4-14)18(20)19(2)10-17-11-21-7-8-22-17/h3-6,9,12,17H,7-8,10-11H2,1-2H3. The van der Waals surface area contributed by atoms with E-state index in [-0.39, 0.29) is 12.0 Å². The molecule has 122 valence electrons. The number of nitrogens with zero attached hydrogens (tertiary/aromatic N) is 1. The van der Waals surface area contributed by atoms with Gasteiger partial charge in [0.15, 0.2) is 0 Å². The van der Waals surface area contributed by atoms with Gasteiger partial charge in [0.05, 0.1) is 25.9 Å². The van der Waals surface area contributed by atoms with Crippen molar-refractivity contribution in [3.63, 3.8) is 0 Å². The Bertz CT molecular complexity index is 659. The van der Waals surface area contributed by atoms with Gasteiger partial charge in [-0.15, -0.1) is 11.3 Å². The molecule has 1 aromatic heterocycles. The number of carbonyl (C=O) groups excluding carboxylic acids is 1. The molecule has 0 saturated carbocycles. The van der Waals surface area contributed by atoms with Crippen molar-refractivity contribution in [3.05, 3.63) is 46.2 Å². The molecule has 4 nitrogen and oxygen atoms in total. The maximum Gasteiger partial charge on any atom is 0.253 e. The van der Waals surface area contributed by atoms with Crippen LogP contribution in [0.15, 0.2) is 35.7 Å². The van der Waals surface area contributed by atoms with E-state index in [0.717, 1.165) is 5.56 Å². The third-order valence-corrected chi connectivity index (χ3v) is 4.77. The van der Waals surface area contributed by atoms with Gasteiger partial charge in [0.25, 0.3) is 5.91 Å². The van der Waals surface area contributed by atoms with Crippen LogP contribution in [-0.2, 0) is 9.47 Å². The molecule has 0 aliphatic carbocycles. The van der Waals surface area contributed by atoms with Crippen molar-refractivity contribution in [2.45, 2.75) is 13.0 Å². The second kappa shape index (κ2) is 7.25. The predicted octanol–water partition coefficient (Wildman–Crippen LogP) is 3.21. The highest BCUT2D eigenvalue weighted by Crippen LogP contribution is 2.25. The molecule has 0 radical (unpaired) electrons. The highest BCUT2D eigenvalue weighted by atomic mass is 32.1. The molecule has 1 aliphatic heterocycles. The average molecular weight is 331 g/mol. The van der Waals surface area contributed by atoms with Gasteiger partial charge in [-0.05, 0) is 41.6 Å². The smallest absolute Gasteiger partial charge is 0.253 e. The minimum atomic E-state index is -0.0363. The largest absolute Gasteiger partial charge is 0.376 e. The molecular formula is C18H21NO3S. The summed E-state index contributed by atoms with van der Waals surface area (Å²) in [6.07, 6.45) is -0.0363. The Balaban J connectivity index is 1.64. The van der Waals surface area contributed by atoms with Crippen LogP contribution in [0.1, 0.15) is 15.2 Å². The summed E-state index contributed by atoms with van der Waals surface area (Å²) in [6.45, 7) is 4.43. The Morgan fingerprint density at radius 1 is 1.26 bits per heavy atom. The molecule has 2 aromatic rings. The molecule has 1 fully saturated rings. The third-order valence-electron chi connectivity index (χ3n) is 3.90. The maximum absolute atomic E-state index is 12.5. The van der Waals surface area contributed by atoms with Crippen LogP contribution in [-0.4, -0.2) is 50.3 Å². The fourth-order valence-corrected chi connectivity index (χ4v) is 3.36. The summed E-state index contributed by atoms with van der Waals surface area (Å²) < 4.78 is 11.0. The van der Waals surface area contributed by atoms with Gasteiger partial charge in [0.1, 0.15) is 0 Å². The Hall–Kier alpha value is -1.69. The van der Waals surface area contributed by atoms with E-state index in [2.05, 4.69) is 18.4 Å². The molecule has 1 aromatic carbocycles. The van der Waals surface area contributed by atoms with E-state index in [0.29, 0.717) is 31.9 Å². The summed E-state index contributed by atoms with van der Waals surface area (Å²) in [5.41, 5.74) is 3.03. The molecule has 2 heterocycles. The lowest BCUT2D eigenvalue weighted by atomic mass is 10.1. The number of carbonyl (C=O) groups is 1. The van der Waals surface area contributed by atoms with Crippen molar-refractivity contribution in [1.29, 1.82) is 0 Å². The number of amides is 1. The van der Waals surface area contributed by atoms with Crippen LogP contribution in [0, 0.1) is 6.92 Å². The summed E-state index contributed by atoms with van der Waals surface area (Å²) >= 11 is 1.73. The van der Waals surface area contributed by atoms with Gasteiger partial charge >= 0.3 is 0 Å². The Morgan fingerprint density at radius 2 is 2.04 bits per heavy atom. The molecule has 3 rings (SSSR count). The van der Waals surface area contributed by atoms with Gasteiger partial charge in [-0.25, -0.2) is 0 Å². The SMILES string of the molecule is Cc1cc(-c2ccc(C(=O)N(C)CC3COCCO3)cc2)cs1. The van der Waals surface area contributed by atoms with Crippen LogP contribution in [0.3, 0.4) is 0 Å². The first-order valence-electron chi connectivity index (χ1n) is 7.74. The Morgan fingerprint density at radius 3 is 2.65 bits per heavy atom.